The summed E-state index contributed by atoms with van der Waals surface area (Å²) in [6, 6.07) is 7.32. The van der Waals surface area contributed by atoms with Gasteiger partial charge < -0.3 is 4.74 Å². The van der Waals surface area contributed by atoms with Crippen molar-refractivity contribution < 1.29 is 9.53 Å². The van der Waals surface area contributed by atoms with Gasteiger partial charge in [-0.25, -0.2) is 0 Å². The van der Waals surface area contributed by atoms with E-state index in [-0.39, 0.29) is 12.1 Å². The Morgan fingerprint density at radius 1 is 1.60 bits per heavy atom. The van der Waals surface area contributed by atoms with Crippen LogP contribution in [0, 0.1) is 0 Å². The highest BCUT2D eigenvalue weighted by molar-refractivity contribution is 6.31. The van der Waals surface area contributed by atoms with Crippen molar-refractivity contribution in [2.24, 2.45) is 0 Å². The lowest BCUT2D eigenvalue weighted by Gasteiger charge is -2.16. The predicted octanol–water partition coefficient (Wildman–Crippen LogP) is 3.52. The van der Waals surface area contributed by atoms with E-state index in [4.69, 9.17) is 16.3 Å². The van der Waals surface area contributed by atoms with Crippen LogP contribution >= 0.6 is 11.6 Å². The van der Waals surface area contributed by atoms with Crippen molar-refractivity contribution in [2.45, 2.75) is 19.4 Å². The van der Waals surface area contributed by atoms with Gasteiger partial charge in [-0.1, -0.05) is 35.9 Å². The van der Waals surface area contributed by atoms with Crippen LogP contribution in [-0.2, 0) is 9.53 Å². The first-order valence-electron chi connectivity index (χ1n) is 4.67. The Morgan fingerprint density at radius 3 is 2.80 bits per heavy atom. The molecule has 0 aliphatic heterocycles. The quantitative estimate of drug-likeness (QED) is 0.578. The van der Waals surface area contributed by atoms with Crippen molar-refractivity contribution >= 4 is 17.6 Å². The fourth-order valence-electron chi connectivity index (χ4n) is 1.33. The van der Waals surface area contributed by atoms with Crippen LogP contribution in [0.25, 0.3) is 0 Å². The summed E-state index contributed by atoms with van der Waals surface area (Å²) in [5.74, 6) is -0.318. The molecule has 1 unspecified atom stereocenters. The number of carbonyl (C=O) groups is 1. The SMILES string of the molecule is C=CCC(OC(C)=O)c1ccccc1Cl. The minimum absolute atomic E-state index is 0.318. The van der Waals surface area contributed by atoms with Crippen LogP contribution in [0.15, 0.2) is 36.9 Å². The third-order valence-corrected chi connectivity index (χ3v) is 2.29. The first kappa shape index (κ1) is 11.8. The summed E-state index contributed by atoms with van der Waals surface area (Å²) in [5.41, 5.74) is 0.814. The fraction of sp³-hybridized carbons (Fsp3) is 0.250. The van der Waals surface area contributed by atoms with Gasteiger partial charge in [-0.2, -0.15) is 0 Å². The third-order valence-electron chi connectivity index (χ3n) is 1.94. The minimum atomic E-state index is -0.339. The molecule has 0 bridgehead atoms. The molecule has 0 saturated heterocycles. The number of esters is 1. The second-order valence-electron chi connectivity index (χ2n) is 3.14. The molecule has 0 aliphatic carbocycles. The van der Waals surface area contributed by atoms with Gasteiger partial charge in [0.05, 0.1) is 0 Å². The van der Waals surface area contributed by atoms with Crippen molar-refractivity contribution in [1.29, 1.82) is 0 Å². The Hall–Kier alpha value is -1.28. The molecule has 0 amide bonds. The molecule has 0 radical (unpaired) electrons. The molecule has 80 valence electrons. The molecule has 0 aromatic heterocycles. The van der Waals surface area contributed by atoms with E-state index in [1.54, 1.807) is 12.1 Å². The van der Waals surface area contributed by atoms with Gasteiger partial charge in [0, 0.05) is 23.9 Å². The number of rotatable bonds is 4. The van der Waals surface area contributed by atoms with Gasteiger partial charge >= 0.3 is 5.97 Å². The Kier molecular flexibility index (Phi) is 4.37. The van der Waals surface area contributed by atoms with Crippen molar-refractivity contribution in [3.05, 3.63) is 47.5 Å². The van der Waals surface area contributed by atoms with Gasteiger partial charge in [0.15, 0.2) is 0 Å². The summed E-state index contributed by atoms with van der Waals surface area (Å²) >= 11 is 6.01. The van der Waals surface area contributed by atoms with E-state index < -0.39 is 0 Å². The van der Waals surface area contributed by atoms with Crippen LogP contribution in [0.5, 0.6) is 0 Å². The molecule has 1 aromatic rings. The Balaban J connectivity index is 2.92. The molecule has 15 heavy (non-hydrogen) atoms. The van der Waals surface area contributed by atoms with Crippen molar-refractivity contribution in [1.82, 2.24) is 0 Å². The first-order valence-corrected chi connectivity index (χ1v) is 5.05. The van der Waals surface area contributed by atoms with E-state index in [9.17, 15) is 4.79 Å². The highest BCUT2D eigenvalue weighted by Crippen LogP contribution is 2.28. The number of ether oxygens (including phenoxy) is 1. The molecule has 0 fully saturated rings. The lowest BCUT2D eigenvalue weighted by Crippen LogP contribution is -2.08. The van der Waals surface area contributed by atoms with Crippen LogP contribution in [0.3, 0.4) is 0 Å². The van der Waals surface area contributed by atoms with Gasteiger partial charge in [0.2, 0.25) is 0 Å². The zero-order chi connectivity index (χ0) is 11.3. The number of halogens is 1. The first-order chi connectivity index (χ1) is 7.15. The largest absolute Gasteiger partial charge is 0.457 e. The molecule has 3 heteroatoms. The van der Waals surface area contributed by atoms with Crippen molar-refractivity contribution in [2.75, 3.05) is 0 Å². The van der Waals surface area contributed by atoms with Gasteiger partial charge in [-0.15, -0.1) is 6.58 Å². The molecular formula is C12H13ClO2. The minimum Gasteiger partial charge on any atom is -0.457 e. The number of carbonyl (C=O) groups excluding carboxylic acids is 1. The smallest absolute Gasteiger partial charge is 0.303 e. The molecule has 0 spiro atoms. The molecule has 1 rings (SSSR count). The summed E-state index contributed by atoms with van der Waals surface area (Å²) in [7, 11) is 0. The lowest BCUT2D eigenvalue weighted by molar-refractivity contribution is -0.146. The molecular weight excluding hydrogens is 212 g/mol. The van der Waals surface area contributed by atoms with Crippen LogP contribution in [0.2, 0.25) is 5.02 Å². The molecule has 0 saturated carbocycles. The predicted molar refractivity (Wildman–Crippen MR) is 60.8 cm³/mol. The molecule has 1 aromatic carbocycles. The topological polar surface area (TPSA) is 26.3 Å². The van der Waals surface area contributed by atoms with E-state index >= 15 is 0 Å². The summed E-state index contributed by atoms with van der Waals surface area (Å²) in [4.78, 5) is 10.9. The Bertz CT molecular complexity index is 360. The second-order valence-corrected chi connectivity index (χ2v) is 3.55. The van der Waals surface area contributed by atoms with Crippen molar-refractivity contribution in [3.8, 4) is 0 Å². The standard InChI is InChI=1S/C12H13ClO2/c1-3-6-12(15-9(2)14)10-7-4-5-8-11(10)13/h3-5,7-8,12H,1,6H2,2H3. The third kappa shape index (κ3) is 3.40. The highest BCUT2D eigenvalue weighted by atomic mass is 35.5. The van der Waals surface area contributed by atoms with Crippen molar-refractivity contribution in [3.63, 3.8) is 0 Å². The zero-order valence-corrected chi connectivity index (χ0v) is 9.33. The molecule has 0 N–H and O–H groups in total. The highest BCUT2D eigenvalue weighted by Gasteiger charge is 2.15. The van der Waals surface area contributed by atoms with E-state index in [0.29, 0.717) is 11.4 Å². The molecule has 1 atom stereocenters. The summed E-state index contributed by atoms with van der Waals surface area (Å²) in [6.07, 6.45) is 1.92. The lowest BCUT2D eigenvalue weighted by atomic mass is 10.1. The normalized spacial score (nSPS) is 11.9. The van der Waals surface area contributed by atoms with Crippen LogP contribution in [0.1, 0.15) is 25.0 Å². The van der Waals surface area contributed by atoms with Gasteiger partial charge in [-0.05, 0) is 6.07 Å². The average Bonchev–Trinajstić information content (AvgIpc) is 2.17. The Morgan fingerprint density at radius 2 is 2.27 bits per heavy atom. The Labute approximate surface area is 94.5 Å². The second kappa shape index (κ2) is 5.56. The van der Waals surface area contributed by atoms with Gasteiger partial charge in [0.1, 0.15) is 6.10 Å². The van der Waals surface area contributed by atoms with E-state index in [2.05, 4.69) is 6.58 Å². The van der Waals surface area contributed by atoms with E-state index in [1.807, 2.05) is 18.2 Å². The summed E-state index contributed by atoms with van der Waals surface area (Å²) in [5, 5.41) is 0.602. The van der Waals surface area contributed by atoms with Gasteiger partial charge in [0.25, 0.3) is 0 Å². The maximum absolute atomic E-state index is 10.9. The number of hydrogen-bond donors (Lipinski definition) is 0. The number of hydrogen-bond acceptors (Lipinski definition) is 2. The van der Waals surface area contributed by atoms with Gasteiger partial charge in [-0.3, -0.25) is 4.79 Å². The summed E-state index contributed by atoms with van der Waals surface area (Å²) < 4.78 is 5.16. The monoisotopic (exact) mass is 224 g/mol. The number of benzene rings is 1. The maximum Gasteiger partial charge on any atom is 0.303 e. The van der Waals surface area contributed by atoms with E-state index in [0.717, 1.165) is 5.56 Å². The average molecular weight is 225 g/mol. The fourth-order valence-corrected chi connectivity index (χ4v) is 1.58. The van der Waals surface area contributed by atoms with Crippen LogP contribution in [0.4, 0.5) is 0 Å². The molecule has 2 nitrogen and oxygen atoms in total. The molecule has 0 aliphatic rings. The van der Waals surface area contributed by atoms with E-state index in [1.165, 1.54) is 6.92 Å². The van der Waals surface area contributed by atoms with Crippen LogP contribution < -0.4 is 0 Å². The summed E-state index contributed by atoms with van der Waals surface area (Å²) in [6.45, 7) is 5.01. The molecule has 0 heterocycles. The van der Waals surface area contributed by atoms with Crippen LogP contribution in [-0.4, -0.2) is 5.97 Å². The zero-order valence-electron chi connectivity index (χ0n) is 8.57. The maximum atomic E-state index is 10.9.